The van der Waals surface area contributed by atoms with Crippen LogP contribution >= 0.6 is 11.3 Å². The molecule has 108 valence electrons. The average molecular weight is 292 g/mol. The van der Waals surface area contributed by atoms with E-state index in [0.717, 1.165) is 30.2 Å². The molecule has 5 nitrogen and oxygen atoms in total. The average Bonchev–Trinajstić information content (AvgIpc) is 2.85. The van der Waals surface area contributed by atoms with Gasteiger partial charge in [-0.3, -0.25) is 9.69 Å². The summed E-state index contributed by atoms with van der Waals surface area (Å²) in [7, 11) is 0. The van der Waals surface area contributed by atoms with Crippen LogP contribution in [0.15, 0.2) is 10.9 Å². The van der Waals surface area contributed by atoms with Crippen molar-refractivity contribution >= 4 is 16.3 Å². The summed E-state index contributed by atoms with van der Waals surface area (Å²) in [6.45, 7) is 6.17. The fourth-order valence-corrected chi connectivity index (χ4v) is 3.58. The highest BCUT2D eigenvalue weighted by molar-refractivity contribution is 7.16. The number of likely N-dealkylation sites (tertiary alicyclic amines) is 1. The summed E-state index contributed by atoms with van der Waals surface area (Å²) in [5.41, 5.74) is 0.806. The maximum absolute atomic E-state index is 12.1. The Kier molecular flexibility index (Phi) is 3.85. The molecule has 0 radical (unpaired) electrons. The van der Waals surface area contributed by atoms with E-state index in [4.69, 9.17) is 0 Å². The lowest BCUT2D eigenvalue weighted by Gasteiger charge is -2.32. The maximum atomic E-state index is 12.1. The Bertz CT molecular complexity index is 663. The monoisotopic (exact) mass is 292 g/mol. The molecule has 1 fully saturated rings. The zero-order chi connectivity index (χ0) is 14.1. The van der Waals surface area contributed by atoms with Crippen molar-refractivity contribution in [2.75, 3.05) is 6.54 Å². The van der Waals surface area contributed by atoms with Crippen molar-refractivity contribution in [3.05, 3.63) is 27.1 Å². The van der Waals surface area contributed by atoms with Crippen LogP contribution < -0.4 is 5.56 Å². The van der Waals surface area contributed by atoms with Crippen molar-refractivity contribution in [1.82, 2.24) is 19.5 Å². The molecule has 3 rings (SSSR count). The number of aryl methyl sites for hydroxylation is 1. The van der Waals surface area contributed by atoms with Crippen molar-refractivity contribution < 1.29 is 0 Å². The second kappa shape index (κ2) is 5.61. The summed E-state index contributed by atoms with van der Waals surface area (Å²) >= 11 is 1.51. The van der Waals surface area contributed by atoms with E-state index in [0.29, 0.717) is 11.0 Å². The van der Waals surface area contributed by atoms with E-state index in [2.05, 4.69) is 21.9 Å². The SMILES string of the molecule is CCc1nn2c(=O)cc(CN3CCCCC3C)nc2s1. The van der Waals surface area contributed by atoms with Crippen LogP contribution in [0.1, 0.15) is 43.8 Å². The Balaban J connectivity index is 1.90. The smallest absolute Gasteiger partial charge is 0.275 e. The molecule has 2 aromatic rings. The lowest BCUT2D eigenvalue weighted by Crippen LogP contribution is -2.37. The first-order chi connectivity index (χ1) is 9.67. The summed E-state index contributed by atoms with van der Waals surface area (Å²) in [5.74, 6) is 0. The molecule has 2 aromatic heterocycles. The van der Waals surface area contributed by atoms with Crippen molar-refractivity contribution in [1.29, 1.82) is 0 Å². The summed E-state index contributed by atoms with van der Waals surface area (Å²) in [4.78, 5) is 19.8. The first kappa shape index (κ1) is 13.7. The molecule has 0 bridgehead atoms. The molecule has 0 spiro atoms. The van der Waals surface area contributed by atoms with Gasteiger partial charge in [0.1, 0.15) is 5.01 Å². The lowest BCUT2D eigenvalue weighted by atomic mass is 10.0. The van der Waals surface area contributed by atoms with E-state index >= 15 is 0 Å². The van der Waals surface area contributed by atoms with Gasteiger partial charge in [0.25, 0.3) is 5.56 Å². The van der Waals surface area contributed by atoms with E-state index < -0.39 is 0 Å². The summed E-state index contributed by atoms with van der Waals surface area (Å²) < 4.78 is 1.42. The molecule has 1 saturated heterocycles. The van der Waals surface area contributed by atoms with Gasteiger partial charge in [-0.2, -0.15) is 9.61 Å². The van der Waals surface area contributed by atoms with Gasteiger partial charge in [0.15, 0.2) is 0 Å². The van der Waals surface area contributed by atoms with Gasteiger partial charge in [-0.25, -0.2) is 4.98 Å². The van der Waals surface area contributed by atoms with Gasteiger partial charge in [0.05, 0.1) is 5.69 Å². The number of hydrogen-bond donors (Lipinski definition) is 0. The molecule has 0 aliphatic carbocycles. The first-order valence-electron chi connectivity index (χ1n) is 7.30. The molecular weight excluding hydrogens is 272 g/mol. The molecule has 0 aromatic carbocycles. The zero-order valence-electron chi connectivity index (χ0n) is 12.0. The molecule has 1 unspecified atom stereocenters. The second-order valence-corrected chi connectivity index (χ2v) is 6.49. The molecule has 0 amide bonds. The third-order valence-electron chi connectivity index (χ3n) is 3.95. The molecule has 1 aliphatic heterocycles. The lowest BCUT2D eigenvalue weighted by molar-refractivity contribution is 0.151. The third kappa shape index (κ3) is 2.62. The van der Waals surface area contributed by atoms with Gasteiger partial charge < -0.3 is 0 Å². The number of hydrogen-bond acceptors (Lipinski definition) is 5. The topological polar surface area (TPSA) is 50.5 Å². The Hall–Kier alpha value is -1.27. The van der Waals surface area contributed by atoms with Gasteiger partial charge >= 0.3 is 0 Å². The number of piperidine rings is 1. The highest BCUT2D eigenvalue weighted by atomic mass is 32.1. The van der Waals surface area contributed by atoms with E-state index in [1.807, 2.05) is 6.92 Å². The fourth-order valence-electron chi connectivity index (χ4n) is 2.72. The van der Waals surface area contributed by atoms with Gasteiger partial charge in [-0.05, 0) is 32.7 Å². The van der Waals surface area contributed by atoms with Crippen LogP contribution in [-0.4, -0.2) is 32.1 Å². The Morgan fingerprint density at radius 3 is 3.05 bits per heavy atom. The van der Waals surface area contributed by atoms with Crippen molar-refractivity contribution in [3.63, 3.8) is 0 Å². The zero-order valence-corrected chi connectivity index (χ0v) is 12.8. The van der Waals surface area contributed by atoms with E-state index in [9.17, 15) is 4.79 Å². The highest BCUT2D eigenvalue weighted by Gasteiger charge is 2.19. The van der Waals surface area contributed by atoms with Crippen LogP contribution in [0.4, 0.5) is 0 Å². The Labute approximate surface area is 122 Å². The minimum Gasteiger partial charge on any atom is -0.295 e. The van der Waals surface area contributed by atoms with Crippen LogP contribution in [0, 0.1) is 0 Å². The second-order valence-electron chi connectivity index (χ2n) is 5.44. The van der Waals surface area contributed by atoms with Crippen LogP contribution in [0.5, 0.6) is 0 Å². The van der Waals surface area contributed by atoms with Crippen LogP contribution in [0.3, 0.4) is 0 Å². The van der Waals surface area contributed by atoms with Crippen LogP contribution in [0.25, 0.3) is 4.96 Å². The van der Waals surface area contributed by atoms with E-state index in [-0.39, 0.29) is 5.56 Å². The van der Waals surface area contributed by atoms with Gasteiger partial charge in [-0.1, -0.05) is 24.7 Å². The molecular formula is C14H20N4OS. The summed E-state index contributed by atoms with van der Waals surface area (Å²) in [5, 5.41) is 5.24. The van der Waals surface area contributed by atoms with Crippen LogP contribution in [-0.2, 0) is 13.0 Å². The van der Waals surface area contributed by atoms with Crippen molar-refractivity contribution in [2.45, 2.75) is 52.1 Å². The van der Waals surface area contributed by atoms with Gasteiger partial charge in [0.2, 0.25) is 4.96 Å². The number of nitrogens with zero attached hydrogens (tertiary/aromatic N) is 4. The minimum atomic E-state index is -0.0642. The van der Waals surface area contributed by atoms with E-state index in [1.54, 1.807) is 6.07 Å². The molecule has 3 heterocycles. The summed E-state index contributed by atoms with van der Waals surface area (Å²) in [6, 6.07) is 2.21. The predicted molar refractivity (Wildman–Crippen MR) is 80.2 cm³/mol. The predicted octanol–water partition coefficient (Wildman–Crippen LogP) is 2.09. The highest BCUT2D eigenvalue weighted by Crippen LogP contribution is 2.19. The molecule has 6 heteroatoms. The summed E-state index contributed by atoms with van der Waals surface area (Å²) in [6.07, 6.45) is 4.63. The van der Waals surface area contributed by atoms with Crippen molar-refractivity contribution in [2.24, 2.45) is 0 Å². The fraction of sp³-hybridized carbons (Fsp3) is 0.643. The molecule has 0 saturated carbocycles. The number of aromatic nitrogens is 3. The largest absolute Gasteiger partial charge is 0.295 e. The third-order valence-corrected chi connectivity index (χ3v) is 5.00. The maximum Gasteiger partial charge on any atom is 0.275 e. The van der Waals surface area contributed by atoms with E-state index in [1.165, 1.54) is 35.1 Å². The molecule has 20 heavy (non-hydrogen) atoms. The number of rotatable bonds is 3. The van der Waals surface area contributed by atoms with Gasteiger partial charge in [0, 0.05) is 18.7 Å². The van der Waals surface area contributed by atoms with Crippen LogP contribution in [0.2, 0.25) is 0 Å². The Morgan fingerprint density at radius 1 is 1.45 bits per heavy atom. The Morgan fingerprint density at radius 2 is 2.30 bits per heavy atom. The normalized spacial score (nSPS) is 20.6. The molecule has 0 N–H and O–H groups in total. The minimum absolute atomic E-state index is 0.0642. The molecule has 1 atom stereocenters. The first-order valence-corrected chi connectivity index (χ1v) is 8.11. The quantitative estimate of drug-likeness (QED) is 0.869. The van der Waals surface area contributed by atoms with Crippen molar-refractivity contribution in [3.8, 4) is 0 Å². The number of fused-ring (bicyclic) bond motifs is 1. The standard InChI is InChI=1S/C14H20N4OS/c1-3-12-16-18-13(19)8-11(15-14(18)20-12)9-17-7-5-4-6-10(17)2/h8,10H,3-7,9H2,1-2H3. The molecule has 1 aliphatic rings. The van der Waals surface area contributed by atoms with Gasteiger partial charge in [-0.15, -0.1) is 0 Å².